The van der Waals surface area contributed by atoms with Gasteiger partial charge in [0, 0.05) is 29.4 Å². The topological polar surface area (TPSA) is 66.0 Å². The summed E-state index contributed by atoms with van der Waals surface area (Å²) in [6.45, 7) is 1.16. The fraction of sp³-hybridized carbons (Fsp3) is 0.208. The maximum Gasteiger partial charge on any atom is 0.218 e. The molecule has 0 saturated heterocycles. The number of unbranched alkanes of at least 4 members (excludes halogenated alkanes) is 1. The summed E-state index contributed by atoms with van der Waals surface area (Å²) >= 11 is 5.76. The molecule has 8 heteroatoms. The third-order valence-corrected chi connectivity index (χ3v) is 5.06. The monoisotopic (exact) mass is 452 g/mol. The molecule has 6 nitrogen and oxygen atoms in total. The van der Waals surface area contributed by atoms with Crippen LogP contribution < -0.4 is 4.74 Å². The van der Waals surface area contributed by atoms with Crippen LogP contribution in [-0.4, -0.2) is 20.0 Å². The number of hydrogen-bond acceptors (Lipinski definition) is 5. The van der Waals surface area contributed by atoms with Crippen LogP contribution in [0.3, 0.4) is 0 Å². The molecule has 4 aromatic rings. The molecule has 0 aliphatic rings. The van der Waals surface area contributed by atoms with Crippen molar-refractivity contribution in [2.45, 2.75) is 32.4 Å². The van der Waals surface area contributed by atoms with E-state index >= 15 is 0 Å². The largest absolute Gasteiger partial charge is 0.487 e. The van der Waals surface area contributed by atoms with Crippen LogP contribution in [0.15, 0.2) is 65.5 Å². The van der Waals surface area contributed by atoms with E-state index in [1.807, 2.05) is 23.0 Å². The van der Waals surface area contributed by atoms with Gasteiger partial charge in [-0.15, -0.1) is 5.10 Å². The van der Waals surface area contributed by atoms with Gasteiger partial charge < -0.3 is 9.15 Å². The summed E-state index contributed by atoms with van der Waals surface area (Å²) in [6.07, 6.45) is 11.4. The molecule has 0 N–H and O–H groups in total. The first-order valence-electron chi connectivity index (χ1n) is 10.3. The molecule has 32 heavy (non-hydrogen) atoms. The van der Waals surface area contributed by atoms with E-state index in [0.717, 1.165) is 31.6 Å². The smallest absolute Gasteiger partial charge is 0.218 e. The number of aromatic nitrogens is 4. The number of oxazole rings is 1. The predicted molar refractivity (Wildman–Crippen MR) is 121 cm³/mol. The van der Waals surface area contributed by atoms with E-state index < -0.39 is 5.82 Å². The Bertz CT molecular complexity index is 1160. The minimum Gasteiger partial charge on any atom is -0.487 e. The molecule has 2 heterocycles. The molecular formula is C24H22ClFN4O2. The van der Waals surface area contributed by atoms with Gasteiger partial charge in [-0.3, -0.25) is 4.68 Å². The number of benzene rings is 2. The van der Waals surface area contributed by atoms with Crippen molar-refractivity contribution in [3.05, 3.63) is 94.7 Å². The lowest BCUT2D eigenvalue weighted by Gasteiger charge is -2.06. The average molecular weight is 453 g/mol. The number of ether oxygens (including phenoxy) is 1. The molecule has 0 spiro atoms. The van der Waals surface area contributed by atoms with Crippen LogP contribution in [0, 0.1) is 5.82 Å². The Hall–Kier alpha value is -3.45. The lowest BCUT2D eigenvalue weighted by molar-refractivity contribution is 0.301. The molecular weight excluding hydrogens is 431 g/mol. The molecule has 0 aliphatic heterocycles. The second-order valence-electron chi connectivity index (χ2n) is 7.23. The second-order valence-corrected chi connectivity index (χ2v) is 7.67. The van der Waals surface area contributed by atoms with Gasteiger partial charge in [0.05, 0.1) is 6.20 Å². The zero-order chi connectivity index (χ0) is 22.2. The van der Waals surface area contributed by atoms with Crippen LogP contribution in [0.2, 0.25) is 5.02 Å². The summed E-state index contributed by atoms with van der Waals surface area (Å²) in [5.41, 5.74) is 2.32. The average Bonchev–Trinajstić information content (AvgIpc) is 3.48. The van der Waals surface area contributed by atoms with Crippen LogP contribution in [-0.2, 0) is 19.6 Å². The number of hydrogen-bond donors (Lipinski definition) is 0. The first kappa shape index (κ1) is 21.8. The van der Waals surface area contributed by atoms with Gasteiger partial charge in [0.15, 0.2) is 0 Å². The van der Waals surface area contributed by atoms with Gasteiger partial charge in [-0.25, -0.2) is 9.37 Å². The zero-order valence-electron chi connectivity index (χ0n) is 17.3. The van der Waals surface area contributed by atoms with Crippen LogP contribution in [0.4, 0.5) is 4.39 Å². The first-order valence-corrected chi connectivity index (χ1v) is 10.7. The van der Waals surface area contributed by atoms with Gasteiger partial charge >= 0.3 is 0 Å². The highest BCUT2D eigenvalue weighted by Crippen LogP contribution is 2.18. The van der Waals surface area contributed by atoms with Crippen molar-refractivity contribution >= 4 is 23.8 Å². The summed E-state index contributed by atoms with van der Waals surface area (Å²) in [6, 6.07) is 12.5. The maximum absolute atomic E-state index is 13.8. The van der Waals surface area contributed by atoms with Crippen molar-refractivity contribution in [2.75, 3.05) is 0 Å². The van der Waals surface area contributed by atoms with Crippen molar-refractivity contribution in [1.29, 1.82) is 0 Å². The van der Waals surface area contributed by atoms with Gasteiger partial charge in [0.25, 0.3) is 0 Å². The highest BCUT2D eigenvalue weighted by molar-refractivity contribution is 6.30. The Balaban J connectivity index is 1.22. The van der Waals surface area contributed by atoms with Crippen molar-refractivity contribution < 1.29 is 13.5 Å². The van der Waals surface area contributed by atoms with E-state index in [2.05, 4.69) is 27.4 Å². The summed E-state index contributed by atoms with van der Waals surface area (Å²) in [7, 11) is 0. The van der Waals surface area contributed by atoms with Crippen molar-refractivity contribution in [2.24, 2.45) is 0 Å². The fourth-order valence-electron chi connectivity index (χ4n) is 3.13. The molecule has 0 fully saturated rings. The van der Waals surface area contributed by atoms with Gasteiger partial charge in [-0.05, 0) is 55.2 Å². The van der Waals surface area contributed by atoms with Crippen molar-refractivity contribution in [3.63, 3.8) is 0 Å². The molecule has 0 amide bonds. The highest BCUT2D eigenvalue weighted by atomic mass is 35.5. The van der Waals surface area contributed by atoms with E-state index in [9.17, 15) is 4.39 Å². The zero-order valence-corrected chi connectivity index (χ0v) is 18.1. The third-order valence-electron chi connectivity index (χ3n) is 4.82. The molecule has 4 rings (SSSR count). The predicted octanol–water partition coefficient (Wildman–Crippen LogP) is 5.83. The van der Waals surface area contributed by atoms with Gasteiger partial charge in [-0.2, -0.15) is 0 Å². The third kappa shape index (κ3) is 6.28. The first-order chi connectivity index (χ1) is 15.7. The summed E-state index contributed by atoms with van der Waals surface area (Å²) in [4.78, 5) is 4.34. The molecule has 0 atom stereocenters. The Morgan fingerprint density at radius 2 is 1.97 bits per heavy atom. The molecule has 0 aliphatic carbocycles. The Morgan fingerprint density at radius 3 is 2.75 bits per heavy atom. The molecule has 2 aromatic heterocycles. The maximum atomic E-state index is 13.8. The molecule has 0 radical (unpaired) electrons. The molecule has 0 unspecified atom stereocenters. The minimum absolute atomic E-state index is 0.282. The number of nitrogens with zero attached hydrogens (tertiary/aromatic N) is 4. The SMILES string of the molecule is Fc1cc(Cl)ccc1C=Cc1nc(COc2ccc(CCCCn3ccnn3)cc2)co1. The minimum atomic E-state index is -0.400. The van der Waals surface area contributed by atoms with E-state index in [-0.39, 0.29) is 6.61 Å². The Morgan fingerprint density at radius 1 is 1.09 bits per heavy atom. The van der Waals surface area contributed by atoms with Gasteiger partial charge in [0.2, 0.25) is 5.89 Å². The number of rotatable bonds is 10. The standard InChI is InChI=1S/C24H22ClFN4O2/c25-20-8-6-19(23(26)15-20)7-11-24-28-21(17-32-24)16-31-22-9-4-18(5-10-22)3-1-2-13-30-14-12-27-29-30/h4-12,14-15,17H,1-3,13,16H2. The Labute approximate surface area is 190 Å². The van der Waals surface area contributed by atoms with E-state index in [1.54, 1.807) is 30.5 Å². The summed E-state index contributed by atoms with van der Waals surface area (Å²) < 4.78 is 26.9. The van der Waals surface area contributed by atoms with Crippen LogP contribution >= 0.6 is 11.6 Å². The van der Waals surface area contributed by atoms with Crippen LogP contribution in [0.5, 0.6) is 5.75 Å². The molecule has 2 aromatic carbocycles. The fourth-order valence-corrected chi connectivity index (χ4v) is 3.29. The molecule has 164 valence electrons. The Kier molecular flexibility index (Phi) is 7.30. The molecule has 0 bridgehead atoms. The van der Waals surface area contributed by atoms with Crippen LogP contribution in [0.25, 0.3) is 12.2 Å². The number of aryl methyl sites for hydroxylation is 2. The normalized spacial score (nSPS) is 11.3. The molecule has 0 saturated carbocycles. The summed E-state index contributed by atoms with van der Waals surface area (Å²) in [5, 5.41) is 8.12. The second kappa shape index (κ2) is 10.7. The van der Waals surface area contributed by atoms with E-state index in [4.69, 9.17) is 20.8 Å². The highest BCUT2D eigenvalue weighted by Gasteiger charge is 2.05. The lowest BCUT2D eigenvalue weighted by atomic mass is 10.1. The van der Waals surface area contributed by atoms with Crippen LogP contribution in [0.1, 0.15) is 35.6 Å². The number of halogens is 2. The summed E-state index contributed by atoms with van der Waals surface area (Å²) in [5.74, 6) is 0.737. The van der Waals surface area contributed by atoms with Crippen molar-refractivity contribution in [3.8, 4) is 5.75 Å². The van der Waals surface area contributed by atoms with E-state index in [0.29, 0.717) is 22.2 Å². The van der Waals surface area contributed by atoms with Gasteiger partial charge in [-0.1, -0.05) is 35.0 Å². The van der Waals surface area contributed by atoms with Crippen molar-refractivity contribution in [1.82, 2.24) is 20.0 Å². The van der Waals surface area contributed by atoms with Gasteiger partial charge in [0.1, 0.15) is 30.1 Å². The van der Waals surface area contributed by atoms with E-state index in [1.165, 1.54) is 17.9 Å². The quantitative estimate of drug-likeness (QED) is 0.283. The lowest BCUT2D eigenvalue weighted by Crippen LogP contribution is -1.99.